The average molecular weight is 232 g/mol. The first-order valence-corrected chi connectivity index (χ1v) is 5.90. The lowest BCUT2D eigenvalue weighted by atomic mass is 10.2. The Morgan fingerprint density at radius 3 is 2.00 bits per heavy atom. The van der Waals surface area contributed by atoms with Crippen LogP contribution in [0.2, 0.25) is 0 Å². The van der Waals surface area contributed by atoms with E-state index < -0.39 is 5.97 Å². The molecule has 5 heteroatoms. The monoisotopic (exact) mass is 232 g/mol. The zero-order chi connectivity index (χ0) is 11.8. The SMILES string of the molecule is CCOC(=O)C(C(C)=O)=C(OCC)SC. The predicted octanol–water partition coefficient (Wildman–Crippen LogP) is 1.75. The van der Waals surface area contributed by atoms with Gasteiger partial charge in [-0.15, -0.1) is 0 Å². The van der Waals surface area contributed by atoms with E-state index in [1.807, 2.05) is 0 Å². The highest BCUT2D eigenvalue weighted by atomic mass is 32.2. The van der Waals surface area contributed by atoms with Gasteiger partial charge in [0.1, 0.15) is 0 Å². The maximum Gasteiger partial charge on any atom is 0.346 e. The molecular weight excluding hydrogens is 216 g/mol. The Bertz CT molecular complexity index is 271. The van der Waals surface area contributed by atoms with Crippen LogP contribution in [0.4, 0.5) is 0 Å². The van der Waals surface area contributed by atoms with Crippen LogP contribution in [0.5, 0.6) is 0 Å². The van der Waals surface area contributed by atoms with Gasteiger partial charge in [0.15, 0.2) is 16.4 Å². The highest BCUT2D eigenvalue weighted by Gasteiger charge is 2.22. The van der Waals surface area contributed by atoms with E-state index in [2.05, 4.69) is 0 Å². The maximum atomic E-state index is 11.5. The number of thioether (sulfide) groups is 1. The van der Waals surface area contributed by atoms with Gasteiger partial charge in [-0.3, -0.25) is 4.79 Å². The molecule has 0 aromatic heterocycles. The Morgan fingerprint density at radius 1 is 1.13 bits per heavy atom. The molecule has 0 rings (SSSR count). The minimum absolute atomic E-state index is 0.00815. The second-order valence-electron chi connectivity index (χ2n) is 2.58. The summed E-state index contributed by atoms with van der Waals surface area (Å²) in [5.41, 5.74) is -0.00815. The summed E-state index contributed by atoms with van der Waals surface area (Å²) in [6.07, 6.45) is 1.74. The maximum absolute atomic E-state index is 11.5. The molecule has 0 aromatic rings. The summed E-state index contributed by atoms with van der Waals surface area (Å²) < 4.78 is 9.99. The predicted molar refractivity (Wildman–Crippen MR) is 59.5 cm³/mol. The van der Waals surface area contributed by atoms with Crippen molar-refractivity contribution in [2.24, 2.45) is 0 Å². The molecular formula is C10H16O4S. The van der Waals surface area contributed by atoms with E-state index in [4.69, 9.17) is 9.47 Å². The van der Waals surface area contributed by atoms with Crippen LogP contribution in [0.25, 0.3) is 0 Å². The molecule has 0 N–H and O–H groups in total. The van der Waals surface area contributed by atoms with Crippen LogP contribution in [0, 0.1) is 0 Å². The Kier molecular flexibility index (Phi) is 6.86. The Morgan fingerprint density at radius 2 is 1.67 bits per heavy atom. The minimum Gasteiger partial charge on any atom is -0.487 e. The zero-order valence-corrected chi connectivity index (χ0v) is 10.3. The standard InChI is InChI=1S/C10H16O4S/c1-5-13-9(12)8(7(3)11)10(15-4)14-6-2/h5-6H2,1-4H3. The van der Waals surface area contributed by atoms with Crippen LogP contribution in [0.3, 0.4) is 0 Å². The molecule has 0 saturated heterocycles. The number of ether oxygens (including phenoxy) is 2. The second kappa shape index (κ2) is 7.34. The fourth-order valence-electron chi connectivity index (χ4n) is 0.938. The summed E-state index contributed by atoms with van der Waals surface area (Å²) in [5, 5.41) is 0.323. The number of hydrogen-bond acceptors (Lipinski definition) is 5. The Balaban J connectivity index is 5.05. The molecule has 0 aromatic carbocycles. The Labute approximate surface area is 94.0 Å². The van der Waals surface area contributed by atoms with Crippen LogP contribution >= 0.6 is 11.8 Å². The van der Waals surface area contributed by atoms with Crippen LogP contribution in [-0.4, -0.2) is 31.2 Å². The summed E-state index contributed by atoms with van der Waals surface area (Å²) in [7, 11) is 0. The summed E-state index contributed by atoms with van der Waals surface area (Å²) in [6, 6.07) is 0. The molecule has 0 saturated carbocycles. The van der Waals surface area contributed by atoms with Crippen molar-refractivity contribution in [3.05, 3.63) is 10.7 Å². The minimum atomic E-state index is -0.622. The fourth-order valence-corrected chi connectivity index (χ4v) is 1.61. The lowest BCUT2D eigenvalue weighted by molar-refractivity contribution is -0.140. The zero-order valence-electron chi connectivity index (χ0n) is 9.46. The number of ketones is 1. The van der Waals surface area contributed by atoms with E-state index in [1.165, 1.54) is 18.7 Å². The van der Waals surface area contributed by atoms with Crippen LogP contribution in [-0.2, 0) is 19.1 Å². The first-order valence-electron chi connectivity index (χ1n) is 4.67. The van der Waals surface area contributed by atoms with Gasteiger partial charge in [0.25, 0.3) is 0 Å². The molecule has 0 radical (unpaired) electrons. The van der Waals surface area contributed by atoms with E-state index >= 15 is 0 Å². The van der Waals surface area contributed by atoms with Crippen molar-refractivity contribution in [3.63, 3.8) is 0 Å². The molecule has 15 heavy (non-hydrogen) atoms. The number of hydrogen-bond donors (Lipinski definition) is 0. The smallest absolute Gasteiger partial charge is 0.346 e. The van der Waals surface area contributed by atoms with E-state index in [9.17, 15) is 9.59 Å². The molecule has 0 amide bonds. The van der Waals surface area contributed by atoms with E-state index in [1.54, 1.807) is 20.1 Å². The third kappa shape index (κ3) is 4.38. The largest absolute Gasteiger partial charge is 0.487 e. The van der Waals surface area contributed by atoms with Gasteiger partial charge in [-0.2, -0.15) is 0 Å². The van der Waals surface area contributed by atoms with E-state index in [0.717, 1.165) is 0 Å². The lowest BCUT2D eigenvalue weighted by Crippen LogP contribution is -2.16. The van der Waals surface area contributed by atoms with Crippen molar-refractivity contribution in [1.82, 2.24) is 0 Å². The second-order valence-corrected chi connectivity index (χ2v) is 3.36. The number of carbonyl (C=O) groups excluding carboxylic acids is 2. The van der Waals surface area contributed by atoms with Gasteiger partial charge in [-0.25, -0.2) is 4.79 Å². The molecule has 4 nitrogen and oxygen atoms in total. The molecule has 0 atom stereocenters. The molecule has 0 spiro atoms. The third-order valence-corrected chi connectivity index (χ3v) is 2.19. The van der Waals surface area contributed by atoms with Gasteiger partial charge < -0.3 is 9.47 Å². The van der Waals surface area contributed by atoms with Crippen molar-refractivity contribution in [2.45, 2.75) is 20.8 Å². The number of Topliss-reactive ketones (excluding diaryl/α,β-unsaturated/α-hetero) is 1. The number of esters is 1. The average Bonchev–Trinajstić information content (AvgIpc) is 2.16. The van der Waals surface area contributed by atoms with Crippen molar-refractivity contribution in [3.8, 4) is 0 Å². The van der Waals surface area contributed by atoms with Crippen molar-refractivity contribution < 1.29 is 19.1 Å². The van der Waals surface area contributed by atoms with Crippen molar-refractivity contribution >= 4 is 23.5 Å². The highest BCUT2D eigenvalue weighted by molar-refractivity contribution is 8.02. The number of rotatable bonds is 6. The lowest BCUT2D eigenvalue weighted by Gasteiger charge is -2.10. The topological polar surface area (TPSA) is 52.6 Å². The normalized spacial score (nSPS) is 11.7. The highest BCUT2D eigenvalue weighted by Crippen LogP contribution is 2.20. The number of carbonyl (C=O) groups is 2. The van der Waals surface area contributed by atoms with Gasteiger partial charge in [0.05, 0.1) is 13.2 Å². The van der Waals surface area contributed by atoms with Crippen LogP contribution in [0.1, 0.15) is 20.8 Å². The molecule has 0 unspecified atom stereocenters. The van der Waals surface area contributed by atoms with Gasteiger partial charge in [-0.05, 0) is 27.0 Å². The van der Waals surface area contributed by atoms with Gasteiger partial charge in [0.2, 0.25) is 0 Å². The van der Waals surface area contributed by atoms with Gasteiger partial charge in [-0.1, -0.05) is 11.8 Å². The Hall–Kier alpha value is -0.970. The van der Waals surface area contributed by atoms with E-state index in [0.29, 0.717) is 11.7 Å². The van der Waals surface area contributed by atoms with Crippen LogP contribution in [0.15, 0.2) is 10.7 Å². The quantitative estimate of drug-likeness (QED) is 0.229. The third-order valence-electron chi connectivity index (χ3n) is 1.50. The van der Waals surface area contributed by atoms with Gasteiger partial charge >= 0.3 is 5.97 Å². The van der Waals surface area contributed by atoms with E-state index in [-0.39, 0.29) is 18.0 Å². The molecule has 86 valence electrons. The van der Waals surface area contributed by atoms with Gasteiger partial charge in [0, 0.05) is 0 Å². The molecule has 0 heterocycles. The first kappa shape index (κ1) is 14.0. The fraction of sp³-hybridized carbons (Fsp3) is 0.600. The first-order chi connectivity index (χ1) is 7.08. The van der Waals surface area contributed by atoms with Crippen molar-refractivity contribution in [2.75, 3.05) is 19.5 Å². The molecule has 0 aliphatic carbocycles. The molecule has 0 bridgehead atoms. The molecule has 0 aliphatic heterocycles. The summed E-state index contributed by atoms with van der Waals surface area (Å²) in [6.45, 7) is 5.45. The summed E-state index contributed by atoms with van der Waals surface area (Å²) in [5.74, 6) is -0.964. The summed E-state index contributed by atoms with van der Waals surface area (Å²) >= 11 is 1.22. The summed E-state index contributed by atoms with van der Waals surface area (Å²) in [4.78, 5) is 22.7. The molecule has 0 fully saturated rings. The van der Waals surface area contributed by atoms with Crippen molar-refractivity contribution in [1.29, 1.82) is 0 Å². The van der Waals surface area contributed by atoms with Crippen LogP contribution < -0.4 is 0 Å². The molecule has 0 aliphatic rings.